The van der Waals surface area contributed by atoms with Crippen molar-refractivity contribution in [3.05, 3.63) is 0 Å². The molecule has 0 saturated carbocycles. The van der Waals surface area contributed by atoms with Crippen molar-refractivity contribution in [1.29, 1.82) is 0 Å². The quantitative estimate of drug-likeness (QED) is 0.696. The van der Waals surface area contributed by atoms with Gasteiger partial charge in [-0.15, -0.1) is 0 Å². The zero-order valence-electron chi connectivity index (χ0n) is 11.2. The summed E-state index contributed by atoms with van der Waals surface area (Å²) in [5.41, 5.74) is 0.0208. The Balaban J connectivity index is 1.40. The van der Waals surface area contributed by atoms with Crippen LogP contribution >= 0.6 is 0 Å². The normalized spacial score (nSPS) is 47.0. The highest BCUT2D eigenvalue weighted by molar-refractivity contribution is 4.85. The van der Waals surface area contributed by atoms with E-state index in [-0.39, 0.29) is 11.0 Å². The van der Waals surface area contributed by atoms with E-state index in [4.69, 9.17) is 23.7 Å². The van der Waals surface area contributed by atoms with Gasteiger partial charge in [0.05, 0.1) is 32.0 Å². The highest BCUT2D eigenvalue weighted by Crippen LogP contribution is 2.38. The molecule has 0 aromatic heterocycles. The summed E-state index contributed by atoms with van der Waals surface area (Å²) in [6.07, 6.45) is 2.02. The van der Waals surface area contributed by atoms with Gasteiger partial charge >= 0.3 is 5.97 Å². The molecule has 5 nitrogen and oxygen atoms in total. The SMILES string of the molecule is CC12COC(COCCC3(C)CCO3)(OC1)OC2. The van der Waals surface area contributed by atoms with E-state index in [0.717, 1.165) is 19.4 Å². The summed E-state index contributed by atoms with van der Waals surface area (Å²) in [6.45, 7) is 8.10. The summed E-state index contributed by atoms with van der Waals surface area (Å²) in [6, 6.07) is 0. The molecule has 18 heavy (non-hydrogen) atoms. The minimum atomic E-state index is -0.959. The van der Waals surface area contributed by atoms with Crippen LogP contribution in [0.2, 0.25) is 0 Å². The lowest BCUT2D eigenvalue weighted by Gasteiger charge is -2.50. The smallest absolute Gasteiger partial charge is 0.307 e. The molecule has 2 bridgehead atoms. The van der Waals surface area contributed by atoms with Gasteiger partial charge in [-0.05, 0) is 19.8 Å². The minimum Gasteiger partial charge on any atom is -0.375 e. The lowest BCUT2D eigenvalue weighted by molar-refractivity contribution is -0.474. The van der Waals surface area contributed by atoms with Gasteiger partial charge in [0.2, 0.25) is 0 Å². The maximum Gasteiger partial charge on any atom is 0.307 e. The first kappa shape index (κ1) is 12.8. The van der Waals surface area contributed by atoms with Crippen molar-refractivity contribution in [3.8, 4) is 0 Å². The van der Waals surface area contributed by atoms with Gasteiger partial charge in [0.15, 0.2) is 0 Å². The van der Waals surface area contributed by atoms with Crippen molar-refractivity contribution < 1.29 is 23.7 Å². The van der Waals surface area contributed by atoms with Crippen molar-refractivity contribution in [3.63, 3.8) is 0 Å². The molecule has 1 atom stereocenters. The van der Waals surface area contributed by atoms with Gasteiger partial charge in [0.1, 0.15) is 6.61 Å². The Morgan fingerprint density at radius 3 is 2.11 bits per heavy atom. The standard InChI is InChI=1S/C13H22O5/c1-11-7-16-13(17-8-11,18-9-11)10-14-5-3-12(2)4-6-15-12/h3-10H2,1-2H3. The molecule has 0 spiro atoms. The van der Waals surface area contributed by atoms with Crippen LogP contribution < -0.4 is 0 Å². The topological polar surface area (TPSA) is 46.2 Å². The molecular formula is C13H22O5. The Hall–Kier alpha value is -0.200. The Morgan fingerprint density at radius 1 is 1.00 bits per heavy atom. The molecule has 1 unspecified atom stereocenters. The summed E-state index contributed by atoms with van der Waals surface area (Å²) in [4.78, 5) is 0. The molecule has 0 aromatic carbocycles. The summed E-state index contributed by atoms with van der Waals surface area (Å²) >= 11 is 0. The van der Waals surface area contributed by atoms with Crippen LogP contribution in [0.3, 0.4) is 0 Å². The third-order valence-corrected chi connectivity index (χ3v) is 4.06. The third kappa shape index (κ3) is 2.42. The van der Waals surface area contributed by atoms with E-state index in [2.05, 4.69) is 13.8 Å². The highest BCUT2D eigenvalue weighted by Gasteiger charge is 2.50. The molecule has 4 fully saturated rings. The summed E-state index contributed by atoms with van der Waals surface area (Å²) in [7, 11) is 0. The molecule has 0 radical (unpaired) electrons. The second-order valence-electron chi connectivity index (χ2n) is 6.21. The Bertz CT molecular complexity index is 288. The van der Waals surface area contributed by atoms with Crippen LogP contribution in [-0.2, 0) is 23.7 Å². The van der Waals surface area contributed by atoms with Crippen LogP contribution in [-0.4, -0.2) is 51.2 Å². The molecule has 104 valence electrons. The lowest BCUT2D eigenvalue weighted by Crippen LogP contribution is -2.61. The molecule has 4 saturated heterocycles. The van der Waals surface area contributed by atoms with Gasteiger partial charge in [-0.1, -0.05) is 6.92 Å². The Kier molecular flexibility index (Phi) is 3.15. The van der Waals surface area contributed by atoms with Gasteiger partial charge in [-0.3, -0.25) is 0 Å². The molecule has 0 amide bonds. The van der Waals surface area contributed by atoms with Crippen molar-refractivity contribution in [1.82, 2.24) is 0 Å². The molecule has 0 N–H and O–H groups in total. The molecule has 4 aliphatic heterocycles. The Morgan fingerprint density at radius 2 is 1.61 bits per heavy atom. The van der Waals surface area contributed by atoms with E-state index in [0.29, 0.717) is 33.0 Å². The van der Waals surface area contributed by atoms with Crippen LogP contribution in [0.1, 0.15) is 26.7 Å². The van der Waals surface area contributed by atoms with E-state index in [1.54, 1.807) is 0 Å². The van der Waals surface area contributed by atoms with E-state index in [9.17, 15) is 0 Å². The fourth-order valence-corrected chi connectivity index (χ4v) is 2.36. The van der Waals surface area contributed by atoms with Crippen molar-refractivity contribution in [2.45, 2.75) is 38.3 Å². The number of ether oxygens (including phenoxy) is 5. The van der Waals surface area contributed by atoms with Crippen molar-refractivity contribution in [2.24, 2.45) is 5.41 Å². The predicted molar refractivity (Wildman–Crippen MR) is 63.1 cm³/mol. The first-order valence-electron chi connectivity index (χ1n) is 6.67. The zero-order valence-corrected chi connectivity index (χ0v) is 11.2. The van der Waals surface area contributed by atoms with E-state index in [1.807, 2.05) is 0 Å². The predicted octanol–water partition coefficient (Wildman–Crippen LogP) is 1.31. The number of hydrogen-bond acceptors (Lipinski definition) is 5. The Labute approximate surface area is 108 Å². The molecule has 5 heteroatoms. The van der Waals surface area contributed by atoms with E-state index in [1.165, 1.54) is 0 Å². The fraction of sp³-hybridized carbons (Fsp3) is 1.00. The van der Waals surface area contributed by atoms with Gasteiger partial charge in [0, 0.05) is 12.0 Å². The first-order chi connectivity index (χ1) is 8.54. The summed E-state index contributed by atoms with van der Waals surface area (Å²) < 4.78 is 28.1. The second kappa shape index (κ2) is 4.42. The molecule has 4 aliphatic rings. The number of fused-ring (bicyclic) bond motifs is 3. The first-order valence-corrected chi connectivity index (χ1v) is 6.67. The average molecular weight is 258 g/mol. The molecule has 4 rings (SSSR count). The highest BCUT2D eigenvalue weighted by atomic mass is 16.9. The van der Waals surface area contributed by atoms with Crippen LogP contribution in [0.25, 0.3) is 0 Å². The molecule has 4 heterocycles. The van der Waals surface area contributed by atoms with Crippen LogP contribution in [0.4, 0.5) is 0 Å². The summed E-state index contributed by atoms with van der Waals surface area (Å²) in [5.74, 6) is -0.959. The molecular weight excluding hydrogens is 236 g/mol. The van der Waals surface area contributed by atoms with Crippen LogP contribution in [0, 0.1) is 5.41 Å². The fourth-order valence-electron chi connectivity index (χ4n) is 2.36. The van der Waals surface area contributed by atoms with E-state index >= 15 is 0 Å². The monoisotopic (exact) mass is 258 g/mol. The average Bonchev–Trinajstić information content (AvgIpc) is 2.35. The van der Waals surface area contributed by atoms with Gasteiger partial charge < -0.3 is 23.7 Å². The molecule has 0 aliphatic carbocycles. The summed E-state index contributed by atoms with van der Waals surface area (Å²) in [5, 5.41) is 0. The van der Waals surface area contributed by atoms with Gasteiger partial charge in [-0.2, -0.15) is 0 Å². The van der Waals surface area contributed by atoms with E-state index < -0.39 is 5.97 Å². The molecule has 0 aromatic rings. The van der Waals surface area contributed by atoms with Crippen molar-refractivity contribution >= 4 is 0 Å². The second-order valence-corrected chi connectivity index (χ2v) is 6.21. The van der Waals surface area contributed by atoms with Crippen molar-refractivity contribution in [2.75, 3.05) is 39.6 Å². The number of rotatable bonds is 5. The largest absolute Gasteiger partial charge is 0.375 e. The maximum atomic E-state index is 5.64. The minimum absolute atomic E-state index is 0.00893. The van der Waals surface area contributed by atoms with Gasteiger partial charge in [-0.25, -0.2) is 0 Å². The van der Waals surface area contributed by atoms with Crippen LogP contribution in [0.15, 0.2) is 0 Å². The van der Waals surface area contributed by atoms with Crippen LogP contribution in [0.5, 0.6) is 0 Å². The maximum absolute atomic E-state index is 5.64. The zero-order chi connectivity index (χ0) is 12.7. The number of hydrogen-bond donors (Lipinski definition) is 0. The van der Waals surface area contributed by atoms with Gasteiger partial charge in [0.25, 0.3) is 0 Å². The lowest BCUT2D eigenvalue weighted by atomic mass is 9.92. The third-order valence-electron chi connectivity index (χ3n) is 4.06.